The molecule has 0 fully saturated rings. The van der Waals surface area contributed by atoms with Gasteiger partial charge in [-0.25, -0.2) is 8.78 Å². The van der Waals surface area contributed by atoms with Gasteiger partial charge in [-0.05, 0) is 24.3 Å². The van der Waals surface area contributed by atoms with Crippen molar-refractivity contribution in [3.63, 3.8) is 0 Å². The van der Waals surface area contributed by atoms with Crippen molar-refractivity contribution in [2.45, 2.75) is 36.7 Å². The van der Waals surface area contributed by atoms with Crippen molar-refractivity contribution in [2.75, 3.05) is 0 Å². The van der Waals surface area contributed by atoms with Gasteiger partial charge in [-0.3, -0.25) is 0 Å². The molecule has 1 aliphatic rings. The average Bonchev–Trinajstić information content (AvgIpc) is 2.40. The second-order valence-electron chi connectivity index (χ2n) is 4.79. The predicted molar refractivity (Wildman–Crippen MR) is 78.8 cm³/mol. The highest BCUT2D eigenvalue weighted by molar-refractivity contribution is 7.99. The lowest BCUT2D eigenvalue weighted by Gasteiger charge is -2.25. The molecule has 2 unspecified atom stereocenters. The van der Waals surface area contributed by atoms with Gasteiger partial charge in [0.2, 0.25) is 6.43 Å². The first-order chi connectivity index (χ1) is 9.15. The van der Waals surface area contributed by atoms with Crippen LogP contribution in [0.4, 0.5) is 8.78 Å². The van der Waals surface area contributed by atoms with Crippen LogP contribution >= 0.6 is 23.4 Å². The maximum absolute atomic E-state index is 12.4. The Labute approximate surface area is 122 Å². The lowest BCUT2D eigenvalue weighted by Crippen LogP contribution is -2.16. The molecule has 104 valence electrons. The molecule has 0 spiro atoms. The fourth-order valence-electron chi connectivity index (χ4n) is 2.25. The van der Waals surface area contributed by atoms with Crippen LogP contribution in [-0.2, 0) is 5.75 Å². The Morgan fingerprint density at radius 3 is 2.58 bits per heavy atom. The van der Waals surface area contributed by atoms with Crippen LogP contribution in [0.5, 0.6) is 0 Å². The predicted octanol–water partition coefficient (Wildman–Crippen LogP) is 5.48. The van der Waals surface area contributed by atoms with Gasteiger partial charge < -0.3 is 0 Å². The van der Waals surface area contributed by atoms with Crippen LogP contribution in [0.15, 0.2) is 41.4 Å². The van der Waals surface area contributed by atoms with Gasteiger partial charge in [-0.2, -0.15) is 0 Å². The number of halogens is 3. The molecular weight excluding hydrogens is 286 g/mol. The van der Waals surface area contributed by atoms with E-state index in [1.54, 1.807) is 0 Å². The number of rotatable bonds is 5. The maximum atomic E-state index is 12.4. The average molecular weight is 303 g/mol. The van der Waals surface area contributed by atoms with Gasteiger partial charge in [0.15, 0.2) is 0 Å². The largest absolute Gasteiger partial charge is 0.239 e. The quantitative estimate of drug-likeness (QED) is 0.694. The number of benzene rings is 1. The topological polar surface area (TPSA) is 0 Å². The zero-order valence-electron chi connectivity index (χ0n) is 10.6. The number of hydrogen-bond donors (Lipinski definition) is 0. The van der Waals surface area contributed by atoms with E-state index in [9.17, 15) is 8.78 Å². The third kappa shape index (κ3) is 4.81. The zero-order chi connectivity index (χ0) is 13.7. The second-order valence-corrected chi connectivity index (χ2v) is 6.45. The summed E-state index contributed by atoms with van der Waals surface area (Å²) < 4.78 is 24.7. The molecule has 1 aromatic carbocycles. The first-order valence-corrected chi connectivity index (χ1v) is 7.88. The van der Waals surface area contributed by atoms with Gasteiger partial charge in [-0.1, -0.05) is 48.0 Å². The maximum Gasteiger partial charge on any atom is 0.239 e. The minimum Gasteiger partial charge on any atom is -0.211 e. The van der Waals surface area contributed by atoms with Crippen LogP contribution in [0, 0.1) is 5.92 Å². The molecule has 19 heavy (non-hydrogen) atoms. The summed E-state index contributed by atoms with van der Waals surface area (Å²) in [6, 6.07) is 10.2. The van der Waals surface area contributed by atoms with Crippen LogP contribution in [-0.4, -0.2) is 11.7 Å². The second kappa shape index (κ2) is 7.30. The van der Waals surface area contributed by atoms with Crippen molar-refractivity contribution in [3.05, 3.63) is 47.0 Å². The summed E-state index contributed by atoms with van der Waals surface area (Å²) in [6.45, 7) is 0. The number of hydrogen-bond acceptors (Lipinski definition) is 1. The number of alkyl halides is 2. The van der Waals surface area contributed by atoms with Crippen LogP contribution in [0.1, 0.15) is 24.8 Å². The molecule has 0 aliphatic heterocycles. The van der Waals surface area contributed by atoms with Gasteiger partial charge in [-0.15, -0.1) is 11.8 Å². The molecule has 0 heterocycles. The summed E-state index contributed by atoms with van der Waals surface area (Å²) in [6.07, 6.45) is 1.30. The van der Waals surface area contributed by atoms with Crippen molar-refractivity contribution >= 4 is 23.4 Å². The molecule has 0 saturated heterocycles. The van der Waals surface area contributed by atoms with E-state index in [4.69, 9.17) is 11.6 Å². The van der Waals surface area contributed by atoms with E-state index < -0.39 is 6.43 Å². The Balaban J connectivity index is 1.85. The summed E-state index contributed by atoms with van der Waals surface area (Å²) >= 11 is 7.94. The fourth-order valence-corrected chi connectivity index (χ4v) is 3.82. The minimum atomic E-state index is -2.26. The Hall–Kier alpha value is -0.540. The smallest absolute Gasteiger partial charge is 0.211 e. The van der Waals surface area contributed by atoms with Gasteiger partial charge in [0, 0.05) is 22.5 Å². The molecule has 1 aromatic rings. The van der Waals surface area contributed by atoms with E-state index in [1.807, 2.05) is 36.0 Å². The van der Waals surface area contributed by atoms with E-state index in [2.05, 4.69) is 12.1 Å². The molecule has 1 aliphatic carbocycles. The van der Waals surface area contributed by atoms with Crippen molar-refractivity contribution in [3.8, 4) is 0 Å². The highest BCUT2D eigenvalue weighted by Gasteiger charge is 2.24. The zero-order valence-corrected chi connectivity index (χ0v) is 12.1. The fraction of sp³-hybridized carbons (Fsp3) is 0.467. The van der Waals surface area contributed by atoms with Crippen LogP contribution in [0.2, 0.25) is 0 Å². The highest BCUT2D eigenvalue weighted by Crippen LogP contribution is 2.37. The van der Waals surface area contributed by atoms with Crippen molar-refractivity contribution in [1.29, 1.82) is 0 Å². The van der Waals surface area contributed by atoms with Crippen LogP contribution < -0.4 is 0 Å². The van der Waals surface area contributed by atoms with Gasteiger partial charge in [0.25, 0.3) is 0 Å². The summed E-state index contributed by atoms with van der Waals surface area (Å²) in [5.74, 6) is 0.793. The van der Waals surface area contributed by atoms with E-state index in [0.717, 1.165) is 18.6 Å². The SMILES string of the molecule is FC(F)CC1CCC(SCc2ccccc2)C=C1Cl. The first-order valence-electron chi connectivity index (χ1n) is 6.46. The molecule has 0 radical (unpaired) electrons. The molecule has 0 amide bonds. The van der Waals surface area contributed by atoms with Crippen molar-refractivity contribution < 1.29 is 8.78 Å². The molecule has 0 aromatic heterocycles. The molecule has 0 N–H and O–H groups in total. The van der Waals surface area contributed by atoms with Crippen LogP contribution in [0.25, 0.3) is 0 Å². The molecule has 2 atom stereocenters. The molecule has 0 nitrogen and oxygen atoms in total. The Morgan fingerprint density at radius 2 is 1.95 bits per heavy atom. The Bertz CT molecular complexity index is 419. The number of thioether (sulfide) groups is 1. The number of allylic oxidation sites excluding steroid dienone is 1. The first kappa shape index (κ1) is 14.9. The lowest BCUT2D eigenvalue weighted by atomic mass is 9.92. The van der Waals surface area contributed by atoms with E-state index in [-0.39, 0.29) is 12.3 Å². The summed E-state index contributed by atoms with van der Waals surface area (Å²) in [7, 11) is 0. The highest BCUT2D eigenvalue weighted by atomic mass is 35.5. The summed E-state index contributed by atoms with van der Waals surface area (Å²) in [4.78, 5) is 0. The summed E-state index contributed by atoms with van der Waals surface area (Å²) in [5.41, 5.74) is 1.28. The Morgan fingerprint density at radius 1 is 1.21 bits per heavy atom. The molecular formula is C15H17ClF2S. The molecule has 4 heteroatoms. The van der Waals surface area contributed by atoms with Gasteiger partial charge in [0.05, 0.1) is 0 Å². The van der Waals surface area contributed by atoms with Gasteiger partial charge >= 0.3 is 0 Å². The minimum absolute atomic E-state index is 0.106. The lowest BCUT2D eigenvalue weighted by molar-refractivity contribution is 0.119. The van der Waals surface area contributed by atoms with Gasteiger partial charge in [0.1, 0.15) is 0 Å². The van der Waals surface area contributed by atoms with Crippen molar-refractivity contribution in [1.82, 2.24) is 0 Å². The standard InChI is InChI=1S/C15H17ClF2S/c16-14-9-13(7-6-12(14)8-15(17)18)19-10-11-4-2-1-3-5-11/h1-5,9,12-13,15H,6-8,10H2. The van der Waals surface area contributed by atoms with Crippen LogP contribution in [0.3, 0.4) is 0 Å². The normalized spacial score (nSPS) is 23.5. The summed E-state index contributed by atoms with van der Waals surface area (Å²) in [5, 5.41) is 0.971. The molecule has 2 rings (SSSR count). The van der Waals surface area contributed by atoms with E-state index >= 15 is 0 Å². The van der Waals surface area contributed by atoms with E-state index in [1.165, 1.54) is 5.56 Å². The Kier molecular flexibility index (Phi) is 5.71. The third-order valence-electron chi connectivity index (χ3n) is 3.30. The molecule has 0 saturated carbocycles. The third-order valence-corrected chi connectivity index (χ3v) is 5.04. The monoisotopic (exact) mass is 302 g/mol. The molecule has 0 bridgehead atoms. The van der Waals surface area contributed by atoms with E-state index in [0.29, 0.717) is 10.3 Å². The van der Waals surface area contributed by atoms with Crippen molar-refractivity contribution in [2.24, 2.45) is 5.92 Å².